The van der Waals surface area contributed by atoms with Crippen LogP contribution in [0.25, 0.3) is 0 Å². The first kappa shape index (κ1) is 16.2. The molecule has 2 N–H and O–H groups in total. The summed E-state index contributed by atoms with van der Waals surface area (Å²) in [6.07, 6.45) is -1.10. The summed E-state index contributed by atoms with van der Waals surface area (Å²) in [5.74, 6) is -1.09. The van der Waals surface area contributed by atoms with Crippen molar-refractivity contribution in [2.45, 2.75) is 45.4 Å². The molecule has 0 aliphatic rings. The van der Waals surface area contributed by atoms with Gasteiger partial charge >= 0.3 is 5.97 Å². The van der Waals surface area contributed by atoms with E-state index in [2.05, 4.69) is 5.32 Å². The molecule has 0 radical (unpaired) electrons. The van der Waals surface area contributed by atoms with Crippen LogP contribution in [-0.2, 0) is 20.7 Å². The zero-order chi connectivity index (χ0) is 15.1. The minimum absolute atomic E-state index is 0.260. The average Bonchev–Trinajstić information content (AvgIpc) is 2.38. The van der Waals surface area contributed by atoms with Gasteiger partial charge in [-0.1, -0.05) is 30.3 Å². The van der Waals surface area contributed by atoms with E-state index in [1.54, 1.807) is 13.8 Å². The molecule has 1 rings (SSSR count). The second-order valence-corrected chi connectivity index (χ2v) is 4.91. The third-order valence-electron chi connectivity index (χ3n) is 2.61. The molecule has 1 amide bonds. The van der Waals surface area contributed by atoms with Gasteiger partial charge in [0.15, 0.2) is 0 Å². The summed E-state index contributed by atoms with van der Waals surface area (Å²) in [4.78, 5) is 23.6. The van der Waals surface area contributed by atoms with Crippen LogP contribution in [0.15, 0.2) is 30.3 Å². The van der Waals surface area contributed by atoms with Crippen LogP contribution in [0.5, 0.6) is 0 Å². The normalized spacial score (nSPS) is 13.7. The van der Waals surface area contributed by atoms with Gasteiger partial charge in [0.1, 0.15) is 12.1 Å². The number of amides is 1. The first-order valence-electron chi connectivity index (χ1n) is 6.63. The molecule has 1 aromatic carbocycles. The molecule has 0 saturated carbocycles. The van der Waals surface area contributed by atoms with Crippen molar-refractivity contribution in [3.05, 3.63) is 35.9 Å². The third kappa shape index (κ3) is 5.40. The Labute approximate surface area is 118 Å². The van der Waals surface area contributed by atoms with Crippen molar-refractivity contribution in [2.75, 3.05) is 0 Å². The maximum absolute atomic E-state index is 12.0. The first-order chi connectivity index (χ1) is 9.40. The van der Waals surface area contributed by atoms with Gasteiger partial charge in [-0.15, -0.1) is 0 Å². The quantitative estimate of drug-likeness (QED) is 0.763. The largest absolute Gasteiger partial charge is 0.461 e. The molecule has 0 fully saturated rings. The van der Waals surface area contributed by atoms with Crippen molar-refractivity contribution in [2.24, 2.45) is 0 Å². The Bertz CT molecular complexity index is 442. The van der Waals surface area contributed by atoms with Crippen LogP contribution in [-0.4, -0.2) is 35.2 Å². The Morgan fingerprint density at radius 2 is 1.80 bits per heavy atom. The van der Waals surface area contributed by atoms with E-state index in [-0.39, 0.29) is 6.10 Å². The topological polar surface area (TPSA) is 75.6 Å². The fraction of sp³-hybridized carbons (Fsp3) is 0.467. The molecular formula is C15H21NO4. The Morgan fingerprint density at radius 1 is 1.20 bits per heavy atom. The van der Waals surface area contributed by atoms with Crippen LogP contribution in [0.1, 0.15) is 26.3 Å². The molecule has 1 aromatic rings. The van der Waals surface area contributed by atoms with Crippen molar-refractivity contribution in [1.82, 2.24) is 5.32 Å². The summed E-state index contributed by atoms with van der Waals surface area (Å²) >= 11 is 0. The number of ether oxygens (including phenoxy) is 1. The Morgan fingerprint density at radius 3 is 2.30 bits per heavy atom. The predicted molar refractivity (Wildman–Crippen MR) is 75.0 cm³/mol. The van der Waals surface area contributed by atoms with Gasteiger partial charge in [-0.2, -0.15) is 0 Å². The third-order valence-corrected chi connectivity index (χ3v) is 2.61. The number of aliphatic hydroxyl groups excluding tert-OH is 1. The molecule has 110 valence electrons. The van der Waals surface area contributed by atoms with Gasteiger partial charge in [0.2, 0.25) is 5.91 Å². The highest BCUT2D eigenvalue weighted by Crippen LogP contribution is 2.06. The van der Waals surface area contributed by atoms with Crippen LogP contribution in [0.4, 0.5) is 0 Å². The Kier molecular flexibility index (Phi) is 6.18. The number of esters is 1. The molecule has 0 heterocycles. The number of aliphatic hydroxyl groups is 1. The SMILES string of the molecule is CC(C)OC(=O)C(Cc1ccccc1)NC(=O)C(C)O. The van der Waals surface area contributed by atoms with Gasteiger partial charge in [0.25, 0.3) is 0 Å². The molecule has 2 atom stereocenters. The predicted octanol–water partition coefficient (Wildman–Crippen LogP) is 1.05. The van der Waals surface area contributed by atoms with Crippen LogP contribution in [0.3, 0.4) is 0 Å². The molecule has 0 spiro atoms. The highest BCUT2D eigenvalue weighted by atomic mass is 16.5. The van der Waals surface area contributed by atoms with Crippen molar-refractivity contribution in [3.8, 4) is 0 Å². The van der Waals surface area contributed by atoms with Crippen molar-refractivity contribution >= 4 is 11.9 Å². The van der Waals surface area contributed by atoms with Crippen LogP contribution >= 0.6 is 0 Å². The number of rotatable bonds is 6. The van der Waals surface area contributed by atoms with Gasteiger partial charge < -0.3 is 15.2 Å². The van der Waals surface area contributed by atoms with Crippen LogP contribution in [0, 0.1) is 0 Å². The van der Waals surface area contributed by atoms with E-state index in [0.29, 0.717) is 6.42 Å². The Hall–Kier alpha value is -1.88. The highest BCUT2D eigenvalue weighted by molar-refractivity contribution is 5.86. The summed E-state index contributed by atoms with van der Waals surface area (Å²) in [7, 11) is 0. The lowest BCUT2D eigenvalue weighted by molar-refractivity contribution is -0.152. The lowest BCUT2D eigenvalue weighted by Gasteiger charge is -2.20. The molecule has 0 aliphatic carbocycles. The molecule has 0 aliphatic heterocycles. The fourth-order valence-electron chi connectivity index (χ4n) is 1.65. The second kappa shape index (κ2) is 7.65. The monoisotopic (exact) mass is 279 g/mol. The lowest BCUT2D eigenvalue weighted by Crippen LogP contribution is -2.47. The van der Waals surface area contributed by atoms with Crippen LogP contribution in [0.2, 0.25) is 0 Å². The number of hydrogen-bond donors (Lipinski definition) is 2. The van der Waals surface area contributed by atoms with Gasteiger partial charge in [-0.05, 0) is 26.3 Å². The zero-order valence-corrected chi connectivity index (χ0v) is 12.0. The van der Waals surface area contributed by atoms with Gasteiger partial charge in [0, 0.05) is 6.42 Å². The molecule has 5 nitrogen and oxygen atoms in total. The van der Waals surface area contributed by atoms with E-state index in [9.17, 15) is 14.7 Å². The van der Waals surface area contributed by atoms with Gasteiger partial charge in [-0.25, -0.2) is 4.79 Å². The van der Waals surface area contributed by atoms with Crippen LogP contribution < -0.4 is 5.32 Å². The number of hydrogen-bond acceptors (Lipinski definition) is 4. The smallest absolute Gasteiger partial charge is 0.329 e. The van der Waals surface area contributed by atoms with E-state index in [1.165, 1.54) is 6.92 Å². The number of carbonyl (C=O) groups excluding carboxylic acids is 2. The molecule has 2 unspecified atom stereocenters. The summed E-state index contributed by atoms with van der Waals surface area (Å²) < 4.78 is 5.13. The summed E-state index contributed by atoms with van der Waals surface area (Å²) in [6.45, 7) is 4.84. The van der Waals surface area contributed by atoms with Gasteiger partial charge in [-0.3, -0.25) is 4.79 Å². The molecular weight excluding hydrogens is 258 g/mol. The lowest BCUT2D eigenvalue weighted by atomic mass is 10.1. The van der Waals surface area contributed by atoms with Crippen molar-refractivity contribution < 1.29 is 19.4 Å². The number of nitrogens with one attached hydrogen (secondary N) is 1. The molecule has 20 heavy (non-hydrogen) atoms. The minimum Gasteiger partial charge on any atom is -0.461 e. The standard InChI is InChI=1S/C15H21NO4/c1-10(2)20-15(19)13(16-14(18)11(3)17)9-12-7-5-4-6-8-12/h4-8,10-11,13,17H,9H2,1-3H3,(H,16,18). The number of benzene rings is 1. The average molecular weight is 279 g/mol. The maximum Gasteiger partial charge on any atom is 0.329 e. The minimum atomic E-state index is -1.17. The maximum atomic E-state index is 12.0. The fourth-order valence-corrected chi connectivity index (χ4v) is 1.65. The summed E-state index contributed by atoms with van der Waals surface area (Å²) in [5.41, 5.74) is 0.907. The van der Waals surface area contributed by atoms with E-state index >= 15 is 0 Å². The molecule has 0 aromatic heterocycles. The highest BCUT2D eigenvalue weighted by Gasteiger charge is 2.25. The van der Waals surface area contributed by atoms with E-state index in [1.807, 2.05) is 30.3 Å². The first-order valence-corrected chi connectivity index (χ1v) is 6.63. The van der Waals surface area contributed by atoms with Crippen molar-refractivity contribution in [3.63, 3.8) is 0 Å². The molecule has 5 heteroatoms. The van der Waals surface area contributed by atoms with E-state index in [4.69, 9.17) is 4.74 Å². The molecule has 0 bridgehead atoms. The number of carbonyl (C=O) groups is 2. The zero-order valence-electron chi connectivity index (χ0n) is 12.0. The van der Waals surface area contributed by atoms with Crippen molar-refractivity contribution in [1.29, 1.82) is 0 Å². The molecule has 0 saturated heterocycles. The summed E-state index contributed by atoms with van der Waals surface area (Å²) in [5, 5.41) is 11.7. The van der Waals surface area contributed by atoms with E-state index in [0.717, 1.165) is 5.56 Å². The summed E-state index contributed by atoms with van der Waals surface area (Å²) in [6, 6.07) is 8.52. The van der Waals surface area contributed by atoms with E-state index < -0.39 is 24.0 Å². The Balaban J connectivity index is 2.78. The van der Waals surface area contributed by atoms with Gasteiger partial charge in [0.05, 0.1) is 6.10 Å². The second-order valence-electron chi connectivity index (χ2n) is 4.91.